The van der Waals surface area contributed by atoms with Crippen molar-refractivity contribution in [2.45, 2.75) is 17.4 Å². The number of aromatic amines is 1. The summed E-state index contributed by atoms with van der Waals surface area (Å²) >= 11 is 1.14. The van der Waals surface area contributed by atoms with Gasteiger partial charge in [-0.1, -0.05) is 36.0 Å². The quantitative estimate of drug-likeness (QED) is 0.497. The van der Waals surface area contributed by atoms with Gasteiger partial charge in [0, 0.05) is 22.8 Å². The molecule has 0 aliphatic carbocycles. The van der Waals surface area contributed by atoms with E-state index in [2.05, 4.69) is 20.5 Å². The van der Waals surface area contributed by atoms with Gasteiger partial charge in [0.05, 0.1) is 10.8 Å². The van der Waals surface area contributed by atoms with E-state index in [1.165, 1.54) is 18.2 Å². The van der Waals surface area contributed by atoms with Gasteiger partial charge >= 0.3 is 0 Å². The van der Waals surface area contributed by atoms with Gasteiger partial charge in [0.1, 0.15) is 5.82 Å². The lowest BCUT2D eigenvalue weighted by Gasteiger charge is -2.09. The molecule has 4 aromatic rings. The molecule has 1 atom stereocenters. The summed E-state index contributed by atoms with van der Waals surface area (Å²) in [4.78, 5) is 15.4. The van der Waals surface area contributed by atoms with Gasteiger partial charge in [-0.15, -0.1) is 10.2 Å². The van der Waals surface area contributed by atoms with Crippen LogP contribution in [0.15, 0.2) is 64.4 Å². The SMILES string of the molecule is CC(Sc1nnc(-c2c[nH]c3ccccc23)o1)C(=O)Nc1cccc(F)c1. The molecule has 0 bridgehead atoms. The Morgan fingerprint density at radius 1 is 1.22 bits per heavy atom. The van der Waals surface area contributed by atoms with E-state index in [0.717, 1.165) is 28.2 Å². The van der Waals surface area contributed by atoms with Crippen molar-refractivity contribution in [1.29, 1.82) is 0 Å². The molecule has 2 aromatic heterocycles. The maximum Gasteiger partial charge on any atom is 0.277 e. The van der Waals surface area contributed by atoms with Gasteiger partial charge in [-0.3, -0.25) is 4.79 Å². The van der Waals surface area contributed by atoms with E-state index in [1.54, 1.807) is 13.0 Å². The molecule has 1 amide bonds. The standard InChI is InChI=1S/C19H15FN4O2S/c1-11(17(25)22-13-6-4-5-12(20)9-13)27-19-24-23-18(26-19)15-10-21-16-8-3-2-7-14(15)16/h2-11,21H,1H3,(H,22,25). The zero-order valence-electron chi connectivity index (χ0n) is 14.3. The first-order valence-corrected chi connectivity index (χ1v) is 9.11. The lowest BCUT2D eigenvalue weighted by Crippen LogP contribution is -2.22. The molecule has 0 saturated carbocycles. The Hall–Kier alpha value is -3.13. The number of para-hydroxylation sites is 1. The molecule has 0 radical (unpaired) electrons. The van der Waals surface area contributed by atoms with Gasteiger partial charge in [-0.25, -0.2) is 4.39 Å². The summed E-state index contributed by atoms with van der Waals surface area (Å²) < 4.78 is 18.9. The number of hydrogen-bond donors (Lipinski definition) is 2. The average Bonchev–Trinajstić information content (AvgIpc) is 3.28. The molecule has 0 aliphatic heterocycles. The van der Waals surface area contributed by atoms with Gasteiger partial charge in [0.25, 0.3) is 11.1 Å². The topological polar surface area (TPSA) is 83.8 Å². The number of fused-ring (bicyclic) bond motifs is 1. The molecule has 8 heteroatoms. The van der Waals surface area contributed by atoms with Crippen LogP contribution >= 0.6 is 11.8 Å². The number of carbonyl (C=O) groups is 1. The summed E-state index contributed by atoms with van der Waals surface area (Å²) in [7, 11) is 0. The Balaban J connectivity index is 1.46. The first-order valence-electron chi connectivity index (χ1n) is 8.23. The van der Waals surface area contributed by atoms with E-state index >= 15 is 0 Å². The van der Waals surface area contributed by atoms with Crippen molar-refractivity contribution < 1.29 is 13.6 Å². The second kappa shape index (κ2) is 7.24. The molecule has 0 saturated heterocycles. The van der Waals surface area contributed by atoms with Gasteiger partial charge < -0.3 is 14.7 Å². The molecular formula is C19H15FN4O2S. The number of nitrogens with one attached hydrogen (secondary N) is 2. The minimum atomic E-state index is -0.496. The summed E-state index contributed by atoms with van der Waals surface area (Å²) in [6.45, 7) is 1.72. The highest BCUT2D eigenvalue weighted by atomic mass is 32.2. The highest BCUT2D eigenvalue weighted by Gasteiger charge is 2.20. The first kappa shape index (κ1) is 17.3. The van der Waals surface area contributed by atoms with E-state index in [4.69, 9.17) is 4.42 Å². The predicted molar refractivity (Wildman–Crippen MR) is 102 cm³/mol. The van der Waals surface area contributed by atoms with E-state index in [-0.39, 0.29) is 11.1 Å². The normalized spacial score (nSPS) is 12.2. The Labute approximate surface area is 158 Å². The third kappa shape index (κ3) is 3.70. The molecule has 4 rings (SSSR count). The lowest BCUT2D eigenvalue weighted by molar-refractivity contribution is -0.115. The molecule has 6 nitrogen and oxygen atoms in total. The van der Waals surface area contributed by atoms with Crippen LogP contribution in [0.4, 0.5) is 10.1 Å². The van der Waals surface area contributed by atoms with Gasteiger partial charge in [-0.05, 0) is 31.2 Å². The number of carbonyl (C=O) groups excluding carboxylic acids is 1. The third-order valence-electron chi connectivity index (χ3n) is 3.97. The Bertz CT molecular complexity index is 1110. The average molecular weight is 382 g/mol. The van der Waals surface area contributed by atoms with Crippen molar-refractivity contribution >= 4 is 34.3 Å². The second-order valence-corrected chi connectivity index (χ2v) is 7.17. The Morgan fingerprint density at radius 3 is 2.93 bits per heavy atom. The van der Waals surface area contributed by atoms with Gasteiger partial charge in [0.2, 0.25) is 5.91 Å². The fraction of sp³-hybridized carbons (Fsp3) is 0.105. The number of halogens is 1. The van der Waals surface area contributed by atoms with Crippen LogP contribution < -0.4 is 5.32 Å². The molecule has 2 aromatic carbocycles. The number of amides is 1. The summed E-state index contributed by atoms with van der Waals surface area (Å²) in [5.74, 6) is -0.307. The van der Waals surface area contributed by atoms with Crippen LogP contribution in [0, 0.1) is 5.82 Å². The summed E-state index contributed by atoms with van der Waals surface area (Å²) in [6, 6.07) is 13.5. The van der Waals surface area contributed by atoms with Crippen molar-refractivity contribution in [2.75, 3.05) is 5.32 Å². The van der Waals surface area contributed by atoms with Crippen LogP contribution in [0.2, 0.25) is 0 Å². The highest BCUT2D eigenvalue weighted by Crippen LogP contribution is 2.30. The molecule has 1 unspecified atom stereocenters. The van der Waals surface area contributed by atoms with Crippen molar-refractivity contribution in [3.63, 3.8) is 0 Å². The van der Waals surface area contributed by atoms with Crippen molar-refractivity contribution in [1.82, 2.24) is 15.2 Å². The first-order chi connectivity index (χ1) is 13.1. The van der Waals surface area contributed by atoms with E-state index in [1.807, 2.05) is 30.5 Å². The van der Waals surface area contributed by atoms with Gasteiger partial charge in [0.15, 0.2) is 0 Å². The number of thioether (sulfide) groups is 1. The Kier molecular flexibility index (Phi) is 4.64. The van der Waals surface area contributed by atoms with Crippen molar-refractivity contribution in [3.8, 4) is 11.5 Å². The minimum Gasteiger partial charge on any atom is -0.411 e. The highest BCUT2D eigenvalue weighted by molar-refractivity contribution is 8.00. The van der Waals surface area contributed by atoms with Crippen molar-refractivity contribution in [3.05, 3.63) is 60.5 Å². The number of H-pyrrole nitrogens is 1. The third-order valence-corrected chi connectivity index (χ3v) is 4.90. The largest absolute Gasteiger partial charge is 0.411 e. The molecule has 27 heavy (non-hydrogen) atoms. The van der Waals surface area contributed by atoms with Gasteiger partial charge in [-0.2, -0.15) is 0 Å². The molecule has 2 heterocycles. The fourth-order valence-corrected chi connectivity index (χ4v) is 3.31. The van der Waals surface area contributed by atoms with Crippen LogP contribution in [-0.4, -0.2) is 26.3 Å². The molecule has 0 fully saturated rings. The van der Waals surface area contributed by atoms with Crippen LogP contribution in [-0.2, 0) is 4.79 Å². The van der Waals surface area contributed by atoms with Crippen LogP contribution in [0.5, 0.6) is 0 Å². The maximum atomic E-state index is 13.2. The van der Waals surface area contributed by atoms with E-state index in [0.29, 0.717) is 11.6 Å². The number of aromatic nitrogens is 3. The monoisotopic (exact) mass is 382 g/mol. The van der Waals surface area contributed by atoms with Crippen LogP contribution in [0.3, 0.4) is 0 Å². The number of benzene rings is 2. The van der Waals surface area contributed by atoms with E-state index < -0.39 is 11.1 Å². The van der Waals surface area contributed by atoms with E-state index in [9.17, 15) is 9.18 Å². The Morgan fingerprint density at radius 2 is 2.07 bits per heavy atom. The van der Waals surface area contributed by atoms with Crippen molar-refractivity contribution in [2.24, 2.45) is 0 Å². The molecule has 0 aliphatic rings. The zero-order valence-corrected chi connectivity index (χ0v) is 15.1. The predicted octanol–water partition coefficient (Wildman–Crippen LogP) is 4.48. The zero-order chi connectivity index (χ0) is 18.8. The lowest BCUT2D eigenvalue weighted by atomic mass is 10.2. The number of rotatable bonds is 5. The summed E-state index contributed by atoms with van der Waals surface area (Å²) in [6.07, 6.45) is 1.81. The molecule has 2 N–H and O–H groups in total. The summed E-state index contributed by atoms with van der Waals surface area (Å²) in [5, 5.41) is 11.5. The molecule has 136 valence electrons. The molecular weight excluding hydrogens is 367 g/mol. The van der Waals surface area contributed by atoms with Crippen LogP contribution in [0.25, 0.3) is 22.4 Å². The number of hydrogen-bond acceptors (Lipinski definition) is 5. The summed E-state index contributed by atoms with van der Waals surface area (Å²) in [5.41, 5.74) is 2.18. The minimum absolute atomic E-state index is 0.280. The maximum absolute atomic E-state index is 13.2. The number of nitrogens with zero attached hydrogens (tertiary/aromatic N) is 2. The fourth-order valence-electron chi connectivity index (χ4n) is 2.63. The molecule has 0 spiro atoms. The second-order valence-electron chi connectivity index (χ2n) is 5.88. The number of anilines is 1. The van der Waals surface area contributed by atoms with Crippen LogP contribution in [0.1, 0.15) is 6.92 Å². The smallest absolute Gasteiger partial charge is 0.277 e.